The van der Waals surface area contributed by atoms with Gasteiger partial charge >= 0.3 is 6.18 Å². The van der Waals surface area contributed by atoms with Crippen LogP contribution in [0.25, 0.3) is 10.8 Å². The molecule has 1 amide bonds. The summed E-state index contributed by atoms with van der Waals surface area (Å²) < 4.78 is 38.9. The van der Waals surface area contributed by atoms with Crippen molar-refractivity contribution in [1.82, 2.24) is 0 Å². The van der Waals surface area contributed by atoms with Crippen molar-refractivity contribution >= 4 is 28.1 Å². The highest BCUT2D eigenvalue weighted by Gasteiger charge is 2.41. The van der Waals surface area contributed by atoms with Crippen LogP contribution in [0.1, 0.15) is 31.9 Å². The van der Waals surface area contributed by atoms with Gasteiger partial charge in [-0.15, -0.1) is 0 Å². The zero-order chi connectivity index (χ0) is 22.4. The van der Waals surface area contributed by atoms with Crippen LogP contribution in [0.5, 0.6) is 0 Å². The molecule has 0 saturated carbocycles. The maximum absolute atomic E-state index is 13.0. The summed E-state index contributed by atoms with van der Waals surface area (Å²) in [6, 6.07) is 16.9. The molecule has 0 saturated heterocycles. The summed E-state index contributed by atoms with van der Waals surface area (Å²) in [4.78, 5) is 14.9. The Morgan fingerprint density at radius 3 is 2.52 bits per heavy atom. The van der Waals surface area contributed by atoms with Gasteiger partial charge in [-0.25, -0.2) is 0 Å². The number of likely N-dealkylation sites (N-methyl/N-ethyl adjacent to an activating group) is 1. The maximum Gasteiger partial charge on any atom is 0.416 e. The number of fused-ring (bicyclic) bond motifs is 3. The first-order chi connectivity index (χ1) is 14.6. The lowest BCUT2D eigenvalue weighted by atomic mass is 9.81. The van der Waals surface area contributed by atoms with Gasteiger partial charge in [0.2, 0.25) is 5.91 Å². The van der Waals surface area contributed by atoms with Gasteiger partial charge in [-0.1, -0.05) is 50.2 Å². The Balaban J connectivity index is 1.72. The smallest absolute Gasteiger partial charge is 0.344 e. The molecule has 0 aliphatic carbocycles. The number of nitrogens with one attached hydrogen (secondary N) is 1. The second-order valence-electron chi connectivity index (χ2n) is 8.15. The van der Waals surface area contributed by atoms with E-state index in [1.54, 1.807) is 0 Å². The number of halogens is 3. The van der Waals surface area contributed by atoms with Crippen molar-refractivity contribution in [2.45, 2.75) is 32.4 Å². The van der Waals surface area contributed by atoms with Crippen LogP contribution in [0.15, 0.2) is 72.4 Å². The number of benzene rings is 3. The molecule has 0 bridgehead atoms. The van der Waals surface area contributed by atoms with Crippen LogP contribution in [0.3, 0.4) is 0 Å². The molecule has 0 aromatic heterocycles. The van der Waals surface area contributed by atoms with E-state index in [1.807, 2.05) is 19.1 Å². The number of nitrogens with zero attached hydrogens (tertiary/aromatic N) is 1. The number of allylic oxidation sites excluding steroid dienone is 1. The van der Waals surface area contributed by atoms with Crippen LogP contribution >= 0.6 is 0 Å². The monoisotopic (exact) mass is 424 g/mol. The van der Waals surface area contributed by atoms with Crippen molar-refractivity contribution in [3.63, 3.8) is 0 Å². The van der Waals surface area contributed by atoms with E-state index < -0.39 is 23.1 Å². The largest absolute Gasteiger partial charge is 0.416 e. The lowest BCUT2D eigenvalue weighted by Crippen LogP contribution is -2.28. The fourth-order valence-corrected chi connectivity index (χ4v) is 4.41. The molecule has 0 spiro atoms. The first-order valence-corrected chi connectivity index (χ1v) is 10.1. The van der Waals surface area contributed by atoms with Crippen molar-refractivity contribution in [2.24, 2.45) is 0 Å². The molecule has 3 aromatic rings. The number of amides is 1. The Hall–Kier alpha value is -3.28. The summed E-state index contributed by atoms with van der Waals surface area (Å²) >= 11 is 0. The highest BCUT2D eigenvalue weighted by Crippen LogP contribution is 2.50. The number of alkyl halides is 3. The van der Waals surface area contributed by atoms with Gasteiger partial charge in [0.1, 0.15) is 0 Å². The highest BCUT2D eigenvalue weighted by molar-refractivity contribution is 6.02. The molecule has 160 valence electrons. The molecule has 0 unspecified atom stereocenters. The summed E-state index contributed by atoms with van der Waals surface area (Å²) in [6.45, 7) is 6.81. The van der Waals surface area contributed by atoms with Crippen molar-refractivity contribution in [3.8, 4) is 0 Å². The van der Waals surface area contributed by atoms with Gasteiger partial charge in [0.15, 0.2) is 0 Å². The molecule has 0 atom stereocenters. The van der Waals surface area contributed by atoms with Crippen LogP contribution in [0, 0.1) is 0 Å². The molecule has 3 nitrogen and oxygen atoms in total. The van der Waals surface area contributed by atoms with E-state index in [0.29, 0.717) is 6.54 Å². The SMILES string of the molecule is CCN1/C(=C\C(=O)Nc2cccc(C(F)(F)F)c2)C(C)(C)c2c1ccc1ccccc21. The Bertz CT molecular complexity index is 1190. The molecule has 3 aromatic carbocycles. The van der Waals surface area contributed by atoms with E-state index in [2.05, 4.69) is 48.3 Å². The Labute approximate surface area is 179 Å². The summed E-state index contributed by atoms with van der Waals surface area (Å²) in [6.07, 6.45) is -2.97. The van der Waals surface area contributed by atoms with Crippen molar-refractivity contribution in [3.05, 3.63) is 83.6 Å². The molecule has 1 heterocycles. The van der Waals surface area contributed by atoms with Crippen molar-refractivity contribution < 1.29 is 18.0 Å². The van der Waals surface area contributed by atoms with E-state index in [-0.39, 0.29) is 5.69 Å². The zero-order valence-corrected chi connectivity index (χ0v) is 17.5. The molecule has 31 heavy (non-hydrogen) atoms. The fraction of sp³-hybridized carbons (Fsp3) is 0.240. The summed E-state index contributed by atoms with van der Waals surface area (Å²) in [5.74, 6) is -0.460. The molecular weight excluding hydrogens is 401 g/mol. The highest BCUT2D eigenvalue weighted by atomic mass is 19.4. The minimum atomic E-state index is -4.46. The Morgan fingerprint density at radius 2 is 1.81 bits per heavy atom. The molecule has 0 fully saturated rings. The fourth-order valence-electron chi connectivity index (χ4n) is 4.41. The van der Waals surface area contributed by atoms with Gasteiger partial charge in [-0.05, 0) is 47.5 Å². The van der Waals surface area contributed by atoms with Crippen LogP contribution in [0.2, 0.25) is 0 Å². The molecule has 4 rings (SSSR count). The average Bonchev–Trinajstić information content (AvgIpc) is 2.94. The molecule has 1 aliphatic heterocycles. The van der Waals surface area contributed by atoms with Crippen LogP contribution < -0.4 is 10.2 Å². The second-order valence-corrected chi connectivity index (χ2v) is 8.15. The van der Waals surface area contributed by atoms with Gasteiger partial charge in [0.25, 0.3) is 0 Å². The number of carbonyl (C=O) groups excluding carboxylic acids is 1. The third-order valence-corrected chi connectivity index (χ3v) is 5.80. The zero-order valence-electron chi connectivity index (χ0n) is 17.5. The third-order valence-electron chi connectivity index (χ3n) is 5.80. The molecule has 1 N–H and O–H groups in total. The van der Waals surface area contributed by atoms with Gasteiger partial charge < -0.3 is 10.2 Å². The van der Waals surface area contributed by atoms with E-state index >= 15 is 0 Å². The maximum atomic E-state index is 13.0. The van der Waals surface area contributed by atoms with E-state index in [9.17, 15) is 18.0 Å². The lowest BCUT2D eigenvalue weighted by molar-refractivity contribution is -0.137. The first-order valence-electron chi connectivity index (χ1n) is 10.1. The van der Waals surface area contributed by atoms with Gasteiger partial charge in [0, 0.05) is 35.1 Å². The topological polar surface area (TPSA) is 32.3 Å². The number of anilines is 2. The molecule has 1 aliphatic rings. The van der Waals surface area contributed by atoms with Gasteiger partial charge in [-0.3, -0.25) is 4.79 Å². The number of hydrogen-bond acceptors (Lipinski definition) is 2. The summed E-state index contributed by atoms with van der Waals surface area (Å²) in [5, 5.41) is 4.84. The van der Waals surface area contributed by atoms with E-state index in [4.69, 9.17) is 0 Å². The van der Waals surface area contributed by atoms with Crippen molar-refractivity contribution in [1.29, 1.82) is 0 Å². The summed E-state index contributed by atoms with van der Waals surface area (Å²) in [5.41, 5.74) is 1.87. The quantitative estimate of drug-likeness (QED) is 0.487. The number of rotatable bonds is 3. The lowest BCUT2D eigenvalue weighted by Gasteiger charge is -2.26. The second kappa shape index (κ2) is 7.45. The predicted octanol–water partition coefficient (Wildman–Crippen LogP) is 6.50. The Kier molecular flexibility index (Phi) is 5.04. The van der Waals surface area contributed by atoms with Crippen LogP contribution in [-0.2, 0) is 16.4 Å². The number of hydrogen-bond donors (Lipinski definition) is 1. The Morgan fingerprint density at radius 1 is 1.06 bits per heavy atom. The number of carbonyl (C=O) groups is 1. The molecule has 0 radical (unpaired) electrons. The average molecular weight is 424 g/mol. The predicted molar refractivity (Wildman–Crippen MR) is 118 cm³/mol. The summed E-state index contributed by atoms with van der Waals surface area (Å²) in [7, 11) is 0. The minimum absolute atomic E-state index is 0.110. The van der Waals surface area contributed by atoms with E-state index in [1.165, 1.54) is 18.2 Å². The van der Waals surface area contributed by atoms with Crippen LogP contribution in [0.4, 0.5) is 24.5 Å². The van der Waals surface area contributed by atoms with Crippen LogP contribution in [-0.4, -0.2) is 12.5 Å². The standard InChI is InChI=1S/C25H23F3N2O/c1-4-30-20-13-12-16-8-5-6-11-19(16)23(20)24(2,3)21(30)15-22(31)29-18-10-7-9-17(14-18)25(26,27)28/h5-15H,4H2,1-3H3,(H,29,31)/b21-15-. The minimum Gasteiger partial charge on any atom is -0.344 e. The molecule has 6 heteroatoms. The van der Waals surface area contributed by atoms with Crippen molar-refractivity contribution in [2.75, 3.05) is 16.8 Å². The van der Waals surface area contributed by atoms with E-state index in [0.717, 1.165) is 39.9 Å². The normalized spacial score (nSPS) is 16.6. The first kappa shape index (κ1) is 21.0. The third kappa shape index (κ3) is 3.67. The molecular formula is C25H23F3N2O. The van der Waals surface area contributed by atoms with Gasteiger partial charge in [-0.2, -0.15) is 13.2 Å². The van der Waals surface area contributed by atoms with Gasteiger partial charge in [0.05, 0.1) is 5.56 Å².